The van der Waals surface area contributed by atoms with Crippen molar-refractivity contribution in [3.8, 4) is 5.75 Å². The van der Waals surface area contributed by atoms with E-state index in [0.29, 0.717) is 17.6 Å². The zero-order valence-corrected chi connectivity index (χ0v) is 16.2. The standard InChI is InChI=1S/C23H27NO3/c1-14(2)16-9-10-21-20(13-16)23-19(8-5-11-26-23)22(24-21)17-6-4-7-18(12-17)27-15(3)25/h4,6-7,9-10,12-14,19,22-24H,5,8,11H2,1-3H3. The zero-order chi connectivity index (χ0) is 19.0. The first-order valence-corrected chi connectivity index (χ1v) is 9.83. The first-order valence-electron chi connectivity index (χ1n) is 9.83. The van der Waals surface area contributed by atoms with Crippen molar-refractivity contribution in [1.82, 2.24) is 0 Å². The van der Waals surface area contributed by atoms with Gasteiger partial charge in [0.2, 0.25) is 0 Å². The predicted molar refractivity (Wildman–Crippen MR) is 106 cm³/mol. The van der Waals surface area contributed by atoms with E-state index < -0.39 is 0 Å². The molecular formula is C23H27NO3. The van der Waals surface area contributed by atoms with Gasteiger partial charge < -0.3 is 14.8 Å². The normalized spacial score (nSPS) is 23.9. The van der Waals surface area contributed by atoms with Gasteiger partial charge in [-0.15, -0.1) is 0 Å². The van der Waals surface area contributed by atoms with Gasteiger partial charge in [-0.2, -0.15) is 0 Å². The topological polar surface area (TPSA) is 47.6 Å². The molecule has 0 bridgehead atoms. The fourth-order valence-electron chi connectivity index (χ4n) is 4.32. The van der Waals surface area contributed by atoms with Crippen LogP contribution in [0.1, 0.15) is 68.4 Å². The average molecular weight is 365 g/mol. The minimum absolute atomic E-state index is 0.107. The quantitative estimate of drug-likeness (QED) is 0.587. The summed E-state index contributed by atoms with van der Waals surface area (Å²) in [5.74, 6) is 1.15. The van der Waals surface area contributed by atoms with Crippen LogP contribution in [0.15, 0.2) is 42.5 Å². The minimum Gasteiger partial charge on any atom is -0.427 e. The molecule has 4 nitrogen and oxygen atoms in total. The first kappa shape index (κ1) is 18.1. The average Bonchev–Trinajstić information content (AvgIpc) is 2.66. The van der Waals surface area contributed by atoms with Gasteiger partial charge >= 0.3 is 5.97 Å². The summed E-state index contributed by atoms with van der Waals surface area (Å²) in [4.78, 5) is 11.3. The Bertz CT molecular complexity index is 845. The molecule has 2 aromatic rings. The lowest BCUT2D eigenvalue weighted by molar-refractivity contribution is -0.131. The van der Waals surface area contributed by atoms with Crippen LogP contribution in [-0.2, 0) is 9.53 Å². The highest BCUT2D eigenvalue weighted by molar-refractivity contribution is 5.69. The molecule has 0 radical (unpaired) electrons. The number of hydrogen-bond donors (Lipinski definition) is 1. The van der Waals surface area contributed by atoms with Crippen molar-refractivity contribution in [2.24, 2.45) is 5.92 Å². The van der Waals surface area contributed by atoms with Gasteiger partial charge in [0.15, 0.2) is 0 Å². The van der Waals surface area contributed by atoms with Crippen molar-refractivity contribution in [3.63, 3.8) is 0 Å². The van der Waals surface area contributed by atoms with Crippen molar-refractivity contribution >= 4 is 11.7 Å². The van der Waals surface area contributed by atoms with Gasteiger partial charge in [-0.3, -0.25) is 4.79 Å². The number of fused-ring (bicyclic) bond motifs is 3. The van der Waals surface area contributed by atoms with Crippen LogP contribution in [0.25, 0.3) is 0 Å². The Kier molecular flexibility index (Phi) is 4.92. The third-order valence-corrected chi connectivity index (χ3v) is 5.63. The van der Waals surface area contributed by atoms with Gasteiger partial charge in [0.25, 0.3) is 0 Å². The Labute approximate surface area is 160 Å². The van der Waals surface area contributed by atoms with Crippen molar-refractivity contribution < 1.29 is 14.3 Å². The number of nitrogens with one attached hydrogen (secondary N) is 1. The molecule has 3 atom stereocenters. The molecule has 2 aliphatic heterocycles. The molecule has 0 saturated carbocycles. The van der Waals surface area contributed by atoms with Crippen LogP contribution in [0.5, 0.6) is 5.75 Å². The predicted octanol–water partition coefficient (Wildman–Crippen LogP) is 5.37. The molecule has 4 heteroatoms. The van der Waals surface area contributed by atoms with Crippen molar-refractivity contribution in [1.29, 1.82) is 0 Å². The maximum Gasteiger partial charge on any atom is 0.308 e. The number of ether oxygens (including phenoxy) is 2. The molecule has 142 valence electrons. The Morgan fingerprint density at radius 1 is 1.22 bits per heavy atom. The van der Waals surface area contributed by atoms with E-state index in [1.165, 1.54) is 18.1 Å². The van der Waals surface area contributed by atoms with Gasteiger partial charge in [-0.1, -0.05) is 38.1 Å². The molecule has 4 rings (SSSR count). The van der Waals surface area contributed by atoms with Crippen LogP contribution < -0.4 is 10.1 Å². The Hall–Kier alpha value is -2.33. The highest BCUT2D eigenvalue weighted by Crippen LogP contribution is 2.49. The van der Waals surface area contributed by atoms with E-state index in [-0.39, 0.29) is 18.1 Å². The molecule has 0 spiro atoms. The van der Waals surface area contributed by atoms with Gasteiger partial charge in [0.05, 0.1) is 12.1 Å². The summed E-state index contributed by atoms with van der Waals surface area (Å²) in [6.45, 7) is 6.69. The highest BCUT2D eigenvalue weighted by Gasteiger charge is 2.40. The fraction of sp³-hybridized carbons (Fsp3) is 0.435. The monoisotopic (exact) mass is 365 g/mol. The van der Waals surface area contributed by atoms with Crippen LogP contribution in [0.4, 0.5) is 5.69 Å². The molecule has 1 N–H and O–H groups in total. The summed E-state index contributed by atoms with van der Waals surface area (Å²) in [5, 5.41) is 3.74. The van der Waals surface area contributed by atoms with Crippen molar-refractivity contribution in [2.75, 3.05) is 11.9 Å². The van der Waals surface area contributed by atoms with E-state index in [1.807, 2.05) is 18.2 Å². The molecule has 1 fully saturated rings. The second-order valence-corrected chi connectivity index (χ2v) is 7.89. The second kappa shape index (κ2) is 7.35. The third-order valence-electron chi connectivity index (χ3n) is 5.63. The van der Waals surface area contributed by atoms with Crippen molar-refractivity contribution in [2.45, 2.75) is 51.7 Å². The number of rotatable bonds is 3. The Morgan fingerprint density at radius 3 is 2.85 bits per heavy atom. The van der Waals surface area contributed by atoms with Crippen LogP contribution in [0, 0.1) is 5.92 Å². The lowest BCUT2D eigenvalue weighted by Gasteiger charge is -2.43. The number of carbonyl (C=O) groups excluding carboxylic acids is 1. The Balaban J connectivity index is 1.72. The zero-order valence-electron chi connectivity index (χ0n) is 16.2. The second-order valence-electron chi connectivity index (χ2n) is 7.89. The third kappa shape index (κ3) is 3.59. The fourth-order valence-corrected chi connectivity index (χ4v) is 4.32. The van der Waals surface area contributed by atoms with Crippen molar-refractivity contribution in [3.05, 3.63) is 59.2 Å². The molecule has 27 heavy (non-hydrogen) atoms. The number of anilines is 1. The SMILES string of the molecule is CC(=O)Oc1cccc(C2Nc3ccc(C(C)C)cc3C3OCCCC23)c1. The van der Waals surface area contributed by atoms with E-state index >= 15 is 0 Å². The maximum atomic E-state index is 11.3. The largest absolute Gasteiger partial charge is 0.427 e. The summed E-state index contributed by atoms with van der Waals surface area (Å²) in [6.07, 6.45) is 2.30. The molecule has 0 amide bonds. The van der Waals surface area contributed by atoms with Crippen LogP contribution in [0.2, 0.25) is 0 Å². The van der Waals surface area contributed by atoms with E-state index in [4.69, 9.17) is 9.47 Å². The molecule has 1 saturated heterocycles. The van der Waals surface area contributed by atoms with Crippen LogP contribution in [0.3, 0.4) is 0 Å². The molecule has 3 unspecified atom stereocenters. The smallest absolute Gasteiger partial charge is 0.308 e. The Morgan fingerprint density at radius 2 is 2.07 bits per heavy atom. The summed E-state index contributed by atoms with van der Waals surface area (Å²) < 4.78 is 11.6. The molecule has 0 aliphatic carbocycles. The summed E-state index contributed by atoms with van der Waals surface area (Å²) >= 11 is 0. The van der Waals surface area contributed by atoms with Gasteiger partial charge in [0, 0.05) is 30.7 Å². The first-order chi connectivity index (χ1) is 13.0. The molecule has 2 heterocycles. The van der Waals surface area contributed by atoms with E-state index in [9.17, 15) is 4.79 Å². The number of hydrogen-bond acceptors (Lipinski definition) is 4. The number of benzene rings is 2. The van der Waals surface area contributed by atoms with Crippen LogP contribution >= 0.6 is 0 Å². The molecule has 0 aromatic heterocycles. The van der Waals surface area contributed by atoms with Gasteiger partial charge in [-0.25, -0.2) is 0 Å². The highest BCUT2D eigenvalue weighted by atomic mass is 16.5. The lowest BCUT2D eigenvalue weighted by Crippen LogP contribution is -2.36. The number of esters is 1. The van der Waals surface area contributed by atoms with Gasteiger partial charge in [-0.05, 0) is 48.1 Å². The van der Waals surface area contributed by atoms with Gasteiger partial charge in [0.1, 0.15) is 5.75 Å². The van der Waals surface area contributed by atoms with E-state index in [1.54, 1.807) is 0 Å². The van der Waals surface area contributed by atoms with Crippen LogP contribution in [-0.4, -0.2) is 12.6 Å². The summed E-state index contributed by atoms with van der Waals surface area (Å²) in [6, 6.07) is 14.7. The lowest BCUT2D eigenvalue weighted by atomic mass is 9.77. The number of carbonyl (C=O) groups is 1. The molecule has 2 aliphatic rings. The summed E-state index contributed by atoms with van der Waals surface area (Å²) in [5.41, 5.74) is 4.90. The summed E-state index contributed by atoms with van der Waals surface area (Å²) in [7, 11) is 0. The molecule has 2 aromatic carbocycles. The minimum atomic E-state index is -0.297. The maximum absolute atomic E-state index is 11.3. The van der Waals surface area contributed by atoms with E-state index in [0.717, 1.165) is 30.7 Å². The molecular weight excluding hydrogens is 338 g/mol. The van der Waals surface area contributed by atoms with E-state index in [2.05, 4.69) is 43.4 Å².